The van der Waals surface area contributed by atoms with E-state index in [-0.39, 0.29) is 11.4 Å². The Morgan fingerprint density at radius 2 is 2.47 bits per heavy atom. The first-order valence-electron chi connectivity index (χ1n) is 5.14. The number of aromatic carboxylic acids is 1. The zero-order valence-electron chi connectivity index (χ0n) is 8.68. The molecule has 0 aromatic carbocycles. The van der Waals surface area contributed by atoms with E-state index in [0.29, 0.717) is 5.92 Å². The molecular formula is C10H15N3O2. The van der Waals surface area contributed by atoms with Crippen LogP contribution in [0.15, 0.2) is 6.20 Å². The van der Waals surface area contributed by atoms with Crippen LogP contribution >= 0.6 is 0 Å². The molecule has 5 nitrogen and oxygen atoms in total. The minimum Gasteiger partial charge on any atom is -0.476 e. The van der Waals surface area contributed by atoms with Crippen molar-refractivity contribution < 1.29 is 9.90 Å². The first kappa shape index (κ1) is 10.0. The summed E-state index contributed by atoms with van der Waals surface area (Å²) < 4.78 is 1.64. The Balaban J connectivity index is 2.08. The molecule has 1 atom stereocenters. The fourth-order valence-corrected chi connectivity index (χ4v) is 1.81. The number of carboxylic acids is 1. The Hall–Kier alpha value is -1.52. The maximum Gasteiger partial charge on any atom is 0.358 e. The van der Waals surface area contributed by atoms with Crippen molar-refractivity contribution >= 4 is 11.7 Å². The maximum atomic E-state index is 10.7. The lowest BCUT2D eigenvalue weighted by Crippen LogP contribution is -2.10. The number of anilines is 1. The lowest BCUT2D eigenvalue weighted by Gasteiger charge is -2.08. The number of nitrogens with two attached hydrogens (primary N) is 1. The molecule has 0 amide bonds. The van der Waals surface area contributed by atoms with Crippen LogP contribution in [0.4, 0.5) is 5.69 Å². The Kier molecular flexibility index (Phi) is 2.38. The molecule has 1 heterocycles. The van der Waals surface area contributed by atoms with Crippen molar-refractivity contribution in [3.63, 3.8) is 0 Å². The fourth-order valence-electron chi connectivity index (χ4n) is 1.81. The van der Waals surface area contributed by atoms with Gasteiger partial charge in [-0.05, 0) is 24.7 Å². The molecule has 1 saturated carbocycles. The molecule has 0 aliphatic heterocycles. The van der Waals surface area contributed by atoms with Gasteiger partial charge in [-0.3, -0.25) is 4.68 Å². The first-order valence-corrected chi connectivity index (χ1v) is 5.14. The molecule has 3 N–H and O–H groups in total. The van der Waals surface area contributed by atoms with E-state index in [4.69, 9.17) is 10.8 Å². The molecule has 1 aliphatic rings. The van der Waals surface area contributed by atoms with Crippen molar-refractivity contribution in [3.05, 3.63) is 11.9 Å². The van der Waals surface area contributed by atoms with Crippen LogP contribution < -0.4 is 5.73 Å². The number of nitrogen functional groups attached to an aromatic ring is 1. The summed E-state index contributed by atoms with van der Waals surface area (Å²) in [6, 6.07) is 0. The van der Waals surface area contributed by atoms with Crippen molar-refractivity contribution in [2.45, 2.75) is 26.3 Å². The summed E-state index contributed by atoms with van der Waals surface area (Å²) >= 11 is 0. The molecule has 1 aliphatic carbocycles. The number of carbonyl (C=O) groups is 1. The van der Waals surface area contributed by atoms with Crippen molar-refractivity contribution in [1.29, 1.82) is 0 Å². The van der Waals surface area contributed by atoms with Crippen LogP contribution in [0, 0.1) is 11.8 Å². The lowest BCUT2D eigenvalue weighted by atomic mass is 10.1. The highest BCUT2D eigenvalue weighted by Crippen LogP contribution is 2.37. The number of hydrogen-bond donors (Lipinski definition) is 2. The molecule has 1 aromatic rings. The van der Waals surface area contributed by atoms with Gasteiger partial charge in [0.05, 0.1) is 5.69 Å². The Bertz CT molecular complexity index is 382. The predicted molar refractivity (Wildman–Crippen MR) is 55.5 cm³/mol. The third kappa shape index (κ3) is 2.11. The van der Waals surface area contributed by atoms with Crippen molar-refractivity contribution in [1.82, 2.24) is 9.78 Å². The van der Waals surface area contributed by atoms with Crippen LogP contribution in [0.3, 0.4) is 0 Å². The molecule has 2 rings (SSSR count). The quantitative estimate of drug-likeness (QED) is 0.781. The number of hydrogen-bond acceptors (Lipinski definition) is 3. The fraction of sp³-hybridized carbons (Fsp3) is 0.600. The van der Waals surface area contributed by atoms with Gasteiger partial charge in [0.15, 0.2) is 5.69 Å². The number of aromatic nitrogens is 2. The zero-order chi connectivity index (χ0) is 11.0. The summed E-state index contributed by atoms with van der Waals surface area (Å²) in [5.41, 5.74) is 5.74. The minimum absolute atomic E-state index is 0.0435. The zero-order valence-corrected chi connectivity index (χ0v) is 8.68. The average molecular weight is 209 g/mol. The van der Waals surface area contributed by atoms with Gasteiger partial charge in [0.2, 0.25) is 0 Å². The number of rotatable bonds is 4. The van der Waals surface area contributed by atoms with Crippen molar-refractivity contribution in [2.75, 3.05) is 5.73 Å². The molecule has 1 fully saturated rings. The molecule has 0 spiro atoms. The van der Waals surface area contributed by atoms with Gasteiger partial charge in [-0.25, -0.2) is 4.79 Å². The number of carboxylic acid groups (broad SMARTS) is 1. The van der Waals surface area contributed by atoms with Gasteiger partial charge < -0.3 is 10.8 Å². The van der Waals surface area contributed by atoms with E-state index in [1.54, 1.807) is 10.9 Å². The summed E-state index contributed by atoms with van der Waals surface area (Å²) in [5, 5.41) is 12.7. The molecule has 5 heteroatoms. The van der Waals surface area contributed by atoms with E-state index in [0.717, 1.165) is 12.5 Å². The number of nitrogens with zero attached hydrogens (tertiary/aromatic N) is 2. The molecule has 0 saturated heterocycles. The molecule has 1 aromatic heterocycles. The third-order valence-corrected chi connectivity index (χ3v) is 2.89. The summed E-state index contributed by atoms with van der Waals surface area (Å²) in [5.74, 6) is 0.264. The lowest BCUT2D eigenvalue weighted by molar-refractivity contribution is 0.0690. The second kappa shape index (κ2) is 3.56. The smallest absolute Gasteiger partial charge is 0.358 e. The van der Waals surface area contributed by atoms with Crippen molar-refractivity contribution in [3.8, 4) is 0 Å². The second-order valence-corrected chi connectivity index (χ2v) is 4.27. The van der Waals surface area contributed by atoms with E-state index < -0.39 is 5.97 Å². The minimum atomic E-state index is -1.06. The third-order valence-electron chi connectivity index (χ3n) is 2.89. The summed E-state index contributed by atoms with van der Waals surface area (Å²) in [7, 11) is 0. The normalized spacial score (nSPS) is 17.7. The molecular weight excluding hydrogens is 194 g/mol. The van der Waals surface area contributed by atoms with E-state index in [2.05, 4.69) is 12.0 Å². The summed E-state index contributed by atoms with van der Waals surface area (Å²) in [6.45, 7) is 2.91. The highest BCUT2D eigenvalue weighted by molar-refractivity contribution is 5.91. The first-order chi connectivity index (χ1) is 7.08. The highest BCUT2D eigenvalue weighted by Gasteiger charge is 2.28. The maximum absolute atomic E-state index is 10.7. The van der Waals surface area contributed by atoms with Gasteiger partial charge in [0.1, 0.15) is 0 Å². The van der Waals surface area contributed by atoms with Crippen LogP contribution in [0.2, 0.25) is 0 Å². The Morgan fingerprint density at radius 1 is 1.80 bits per heavy atom. The van der Waals surface area contributed by atoms with Gasteiger partial charge in [-0.1, -0.05) is 6.92 Å². The van der Waals surface area contributed by atoms with E-state index in [1.165, 1.54) is 12.8 Å². The van der Waals surface area contributed by atoms with Gasteiger partial charge in [0, 0.05) is 12.7 Å². The standard InChI is InChI=1S/C10H15N3O2/c1-6(7-2-3-7)4-13-5-8(11)9(12-13)10(14)15/h5-7H,2-4,11H2,1H3,(H,14,15). The van der Waals surface area contributed by atoms with Crippen molar-refractivity contribution in [2.24, 2.45) is 11.8 Å². The second-order valence-electron chi connectivity index (χ2n) is 4.27. The molecule has 15 heavy (non-hydrogen) atoms. The monoisotopic (exact) mass is 209 g/mol. The Morgan fingerprint density at radius 3 is 2.93 bits per heavy atom. The summed E-state index contributed by atoms with van der Waals surface area (Å²) in [4.78, 5) is 10.7. The molecule has 0 radical (unpaired) electrons. The van der Waals surface area contributed by atoms with Crippen LogP contribution in [-0.4, -0.2) is 20.9 Å². The van der Waals surface area contributed by atoms with E-state index in [9.17, 15) is 4.79 Å². The molecule has 82 valence electrons. The predicted octanol–water partition coefficient (Wildman–Crippen LogP) is 1.21. The van der Waals surface area contributed by atoms with E-state index >= 15 is 0 Å². The molecule has 1 unspecified atom stereocenters. The van der Waals surface area contributed by atoms with Gasteiger partial charge in [-0.2, -0.15) is 5.10 Å². The van der Waals surface area contributed by atoms with E-state index in [1.807, 2.05) is 0 Å². The average Bonchev–Trinajstić information content (AvgIpc) is 2.91. The van der Waals surface area contributed by atoms with Crippen LogP contribution in [0.25, 0.3) is 0 Å². The van der Waals surface area contributed by atoms with Crippen LogP contribution in [0.5, 0.6) is 0 Å². The van der Waals surface area contributed by atoms with Gasteiger partial charge >= 0.3 is 5.97 Å². The molecule has 0 bridgehead atoms. The van der Waals surface area contributed by atoms with Crippen LogP contribution in [0.1, 0.15) is 30.3 Å². The largest absolute Gasteiger partial charge is 0.476 e. The van der Waals surface area contributed by atoms with Gasteiger partial charge in [-0.15, -0.1) is 0 Å². The van der Waals surface area contributed by atoms with Crippen LogP contribution in [-0.2, 0) is 6.54 Å². The Labute approximate surface area is 87.9 Å². The van der Waals surface area contributed by atoms with Gasteiger partial charge in [0.25, 0.3) is 0 Å². The topological polar surface area (TPSA) is 81.1 Å². The highest BCUT2D eigenvalue weighted by atomic mass is 16.4. The summed E-state index contributed by atoms with van der Waals surface area (Å²) in [6.07, 6.45) is 4.16. The SMILES string of the molecule is CC(Cn1cc(N)c(C(=O)O)n1)C1CC1.